The van der Waals surface area contributed by atoms with Gasteiger partial charge in [-0.2, -0.15) is 0 Å². The zero-order valence-electron chi connectivity index (χ0n) is 22.7. The minimum absolute atomic E-state index is 0. The van der Waals surface area contributed by atoms with Crippen molar-refractivity contribution in [2.45, 2.75) is 95.8 Å². The minimum Gasteiger partial charge on any atom is -0.744 e. The Hall–Kier alpha value is -0.814. The van der Waals surface area contributed by atoms with Gasteiger partial charge in [-0.25, -0.2) is 18.0 Å². The summed E-state index contributed by atoms with van der Waals surface area (Å²) in [6.45, 7) is 4.51. The Morgan fingerprint density at radius 2 is 1.19 bits per heavy atom. The van der Waals surface area contributed by atoms with Gasteiger partial charge in [0.25, 0.3) is 0 Å². The van der Waals surface area contributed by atoms with Crippen molar-refractivity contribution >= 4 is 22.1 Å². The van der Waals surface area contributed by atoms with Crippen LogP contribution in [0.4, 0.5) is 0 Å². The molecule has 0 amide bonds. The van der Waals surface area contributed by atoms with Gasteiger partial charge in [-0.15, -0.1) is 0 Å². The molecule has 0 atom stereocenters. The summed E-state index contributed by atoms with van der Waals surface area (Å²) < 4.78 is 44.9. The molecule has 0 radical (unpaired) electrons. The number of carbonyl (C=O) groups excluding carboxylic acids is 2. The third kappa shape index (κ3) is 16.7. The predicted octanol–water partition coefficient (Wildman–Crippen LogP) is 3.74. The number of hydrogen-bond acceptors (Lipinski definition) is 7. The number of carbonyl (C=O) groups is 2. The first-order valence-corrected chi connectivity index (χ1v) is 14.5. The van der Waals surface area contributed by atoms with Gasteiger partial charge in [0, 0.05) is 0 Å². The Bertz CT molecular complexity index is 955. The van der Waals surface area contributed by atoms with E-state index in [0.717, 1.165) is 82.4 Å². The zero-order chi connectivity index (χ0) is 26.7. The third-order valence-electron chi connectivity index (χ3n) is 5.52. The van der Waals surface area contributed by atoms with E-state index < -0.39 is 27.0 Å². The van der Waals surface area contributed by atoms with E-state index in [1.54, 1.807) is 0 Å². The zero-order valence-corrected chi connectivity index (χ0v) is 26.6. The average molecular weight is 561 g/mol. The maximum atomic E-state index is 12.6. The number of rotatable bonds is 19. The Labute approximate surface area is 265 Å². The van der Waals surface area contributed by atoms with Crippen molar-refractivity contribution in [3.05, 3.63) is 53.6 Å². The van der Waals surface area contributed by atoms with E-state index in [0.29, 0.717) is 12.8 Å². The number of benzene rings is 1. The van der Waals surface area contributed by atoms with Gasteiger partial charge in [0.15, 0.2) is 0 Å². The summed E-state index contributed by atoms with van der Waals surface area (Å²) >= 11 is 0. The topological polar surface area (TPSA) is 110 Å². The molecule has 0 saturated carbocycles. The van der Waals surface area contributed by atoms with Gasteiger partial charge in [-0.3, -0.25) is 0 Å². The molecule has 0 aromatic heterocycles. The monoisotopic (exact) mass is 560 g/mol. The Kier molecular flexibility index (Phi) is 21.6. The molecule has 1 aromatic rings. The van der Waals surface area contributed by atoms with Crippen molar-refractivity contribution in [1.29, 1.82) is 0 Å². The second-order valence-electron chi connectivity index (χ2n) is 8.60. The van der Waals surface area contributed by atoms with E-state index in [-0.39, 0.29) is 75.7 Å². The molecule has 0 N–H and O–H groups in total. The molecule has 0 unspecified atom stereocenters. The van der Waals surface area contributed by atoms with Gasteiger partial charge >= 0.3 is 63.3 Å². The van der Waals surface area contributed by atoms with Crippen molar-refractivity contribution in [1.82, 2.24) is 0 Å². The maximum Gasteiger partial charge on any atom is 1.00 e. The fraction of sp³-hybridized carbons (Fsp3) is 0.571. The summed E-state index contributed by atoms with van der Waals surface area (Å²) in [5.41, 5.74) is -0.385. The van der Waals surface area contributed by atoms with E-state index in [9.17, 15) is 22.6 Å². The first-order chi connectivity index (χ1) is 17.3. The van der Waals surface area contributed by atoms with Crippen molar-refractivity contribution in [3.8, 4) is 0 Å². The van der Waals surface area contributed by atoms with Gasteiger partial charge in [-0.1, -0.05) is 63.8 Å². The molecular weight excluding hydrogens is 519 g/mol. The molecule has 1 rings (SSSR count). The summed E-state index contributed by atoms with van der Waals surface area (Å²) in [6.07, 6.45) is 20.0. The van der Waals surface area contributed by atoms with Gasteiger partial charge in [0.05, 0.1) is 29.2 Å². The molecule has 9 heteroatoms. The molecule has 1 aromatic carbocycles. The molecule has 0 aliphatic rings. The Balaban J connectivity index is 0.0000130. The molecular formula is C28H41KO7S. The normalized spacial score (nSPS) is 11.5. The van der Waals surface area contributed by atoms with Crippen LogP contribution in [-0.4, -0.2) is 38.1 Å². The third-order valence-corrected chi connectivity index (χ3v) is 6.35. The van der Waals surface area contributed by atoms with Crippen LogP contribution in [0.2, 0.25) is 0 Å². The van der Waals surface area contributed by atoms with E-state index in [1.165, 1.54) is 0 Å². The Morgan fingerprint density at radius 1 is 0.730 bits per heavy atom. The summed E-state index contributed by atoms with van der Waals surface area (Å²) in [5.74, 6) is -1.60. The van der Waals surface area contributed by atoms with E-state index >= 15 is 0 Å². The molecule has 7 nitrogen and oxygen atoms in total. The number of esters is 2. The van der Waals surface area contributed by atoms with E-state index in [4.69, 9.17) is 9.47 Å². The summed E-state index contributed by atoms with van der Waals surface area (Å²) in [6, 6.07) is 3.03. The van der Waals surface area contributed by atoms with Crippen LogP contribution in [0.25, 0.3) is 0 Å². The molecule has 202 valence electrons. The van der Waals surface area contributed by atoms with Crippen molar-refractivity contribution in [3.63, 3.8) is 0 Å². The molecule has 0 bridgehead atoms. The van der Waals surface area contributed by atoms with Gasteiger partial charge in [0.2, 0.25) is 0 Å². The molecule has 0 fully saturated rings. The second kappa shape index (κ2) is 22.0. The first-order valence-electron chi connectivity index (χ1n) is 13.0. The van der Waals surface area contributed by atoms with Crippen molar-refractivity contribution in [2.75, 3.05) is 13.2 Å². The van der Waals surface area contributed by atoms with E-state index in [1.807, 2.05) is 0 Å². The van der Waals surface area contributed by atoms with Gasteiger partial charge < -0.3 is 14.0 Å². The molecule has 0 aliphatic carbocycles. The maximum absolute atomic E-state index is 12.6. The van der Waals surface area contributed by atoms with Gasteiger partial charge in [-0.05, 0) is 69.6 Å². The van der Waals surface area contributed by atoms with Crippen LogP contribution in [-0.2, 0) is 19.6 Å². The largest absolute Gasteiger partial charge is 1.00 e. The van der Waals surface area contributed by atoms with Crippen LogP contribution < -0.4 is 51.4 Å². The van der Waals surface area contributed by atoms with Crippen molar-refractivity contribution < 1.29 is 83.4 Å². The minimum atomic E-state index is -4.80. The summed E-state index contributed by atoms with van der Waals surface area (Å²) in [7, 11) is -4.80. The summed E-state index contributed by atoms with van der Waals surface area (Å²) in [5, 5.41) is 0. The number of unbranched alkanes of at least 4 members (excludes halogenated alkanes) is 8. The fourth-order valence-electron chi connectivity index (χ4n) is 3.52. The van der Waals surface area contributed by atoms with Crippen LogP contribution in [0.3, 0.4) is 0 Å². The molecule has 0 spiro atoms. The van der Waals surface area contributed by atoms with Crippen LogP contribution in [0.15, 0.2) is 47.4 Å². The number of hydrogen-bond donors (Lipinski definition) is 0. The second-order valence-corrected chi connectivity index (χ2v) is 9.98. The first kappa shape index (κ1) is 36.2. The molecule has 0 aliphatic heterocycles. The molecule has 0 saturated heterocycles. The van der Waals surface area contributed by atoms with Crippen LogP contribution in [0, 0.1) is 0 Å². The van der Waals surface area contributed by atoms with E-state index in [2.05, 4.69) is 38.2 Å². The molecule has 0 heterocycles. The van der Waals surface area contributed by atoms with Gasteiger partial charge in [0.1, 0.15) is 10.1 Å². The smallest absolute Gasteiger partial charge is 0.744 e. The molecule has 37 heavy (non-hydrogen) atoms. The quantitative estimate of drug-likeness (QED) is 0.0833. The predicted molar refractivity (Wildman–Crippen MR) is 140 cm³/mol. The summed E-state index contributed by atoms with van der Waals surface area (Å²) in [4.78, 5) is 24.6. The SMILES string of the molecule is CC/C=C/CCCCCCOC(=O)c1ccc(S(=O)(=O)[O-])cc1C(=O)OCCCCCC/C=C/CC.[K+]. The average Bonchev–Trinajstić information content (AvgIpc) is 2.85. The van der Waals surface area contributed by atoms with Crippen LogP contribution in [0.5, 0.6) is 0 Å². The van der Waals surface area contributed by atoms with Crippen LogP contribution in [0.1, 0.15) is 112 Å². The Morgan fingerprint density at radius 3 is 1.65 bits per heavy atom. The fourth-order valence-corrected chi connectivity index (χ4v) is 4.01. The van der Waals surface area contributed by atoms with Crippen molar-refractivity contribution in [2.24, 2.45) is 0 Å². The number of ether oxygens (including phenoxy) is 2. The van der Waals surface area contributed by atoms with Crippen LogP contribution >= 0.6 is 0 Å². The number of allylic oxidation sites excluding steroid dienone is 4. The standard InChI is InChI=1S/C28H42O7S.K/c1-3-5-7-9-11-13-15-17-21-34-27(29)25-20-19-24(36(31,32)33)23-26(25)28(30)35-22-18-16-14-12-10-8-6-4-2;/h5-8,19-20,23H,3-4,9-18,21-22H2,1-2H3,(H,31,32,33);/q;+1/p-1/b7-5+,8-6+;.